The first-order chi connectivity index (χ1) is 7.90. The average Bonchev–Trinajstić information content (AvgIpc) is 2.27. The van der Waals surface area contributed by atoms with Crippen molar-refractivity contribution < 1.29 is 15.1 Å². The molecule has 0 bridgehead atoms. The van der Waals surface area contributed by atoms with Crippen molar-refractivity contribution in [1.29, 1.82) is 0 Å². The van der Waals surface area contributed by atoms with Crippen LogP contribution in [-0.4, -0.2) is 32.1 Å². The molecule has 2 unspecified atom stereocenters. The molecule has 0 fully saturated rings. The lowest BCUT2D eigenvalue weighted by Crippen LogP contribution is -2.21. The second-order valence-electron chi connectivity index (χ2n) is 3.40. The molecule has 0 saturated carbocycles. The van der Waals surface area contributed by atoms with Crippen molar-refractivity contribution in [2.45, 2.75) is 19.1 Å². The number of alkyl halides is 1. The topological polar surface area (TPSA) is 96.5 Å². The van der Waals surface area contributed by atoms with E-state index in [0.717, 1.165) is 0 Å². The molecule has 17 heavy (non-hydrogen) atoms. The van der Waals surface area contributed by atoms with E-state index in [1.54, 1.807) is 0 Å². The quantitative estimate of drug-likeness (QED) is 0.378. The van der Waals surface area contributed by atoms with E-state index in [2.05, 4.69) is 4.98 Å². The van der Waals surface area contributed by atoms with Crippen molar-refractivity contribution in [1.82, 2.24) is 4.98 Å². The van der Waals surface area contributed by atoms with Crippen LogP contribution in [-0.2, 0) is 0 Å². The first-order valence-electron chi connectivity index (χ1n) is 4.61. The van der Waals surface area contributed by atoms with E-state index >= 15 is 0 Å². The molecule has 1 aromatic heterocycles. The molecule has 6 nitrogen and oxygen atoms in total. The van der Waals surface area contributed by atoms with E-state index in [0.29, 0.717) is 0 Å². The van der Waals surface area contributed by atoms with Crippen molar-refractivity contribution in [3.05, 3.63) is 32.6 Å². The van der Waals surface area contributed by atoms with Crippen LogP contribution in [0.4, 0.5) is 5.69 Å². The summed E-state index contributed by atoms with van der Waals surface area (Å²) in [6.07, 6.45) is -1.38. The molecule has 1 aromatic rings. The highest BCUT2D eigenvalue weighted by atomic mass is 35.5. The third-order valence-electron chi connectivity index (χ3n) is 2.32. The Kier molecular flexibility index (Phi) is 4.64. The fourth-order valence-electron chi connectivity index (χ4n) is 1.38. The Balaban J connectivity index is 3.28. The number of aliphatic hydroxyl groups is 2. The largest absolute Gasteiger partial charge is 0.389 e. The number of pyridine rings is 1. The maximum atomic E-state index is 10.8. The maximum Gasteiger partial charge on any atom is 0.309 e. The van der Waals surface area contributed by atoms with Gasteiger partial charge in [-0.15, -0.1) is 11.6 Å². The Morgan fingerprint density at radius 1 is 1.59 bits per heavy atom. The van der Waals surface area contributed by atoms with Crippen molar-refractivity contribution in [2.75, 3.05) is 5.88 Å². The van der Waals surface area contributed by atoms with Gasteiger partial charge in [-0.05, 0) is 6.92 Å². The Morgan fingerprint density at radius 2 is 2.18 bits per heavy atom. The van der Waals surface area contributed by atoms with Crippen LogP contribution in [0, 0.1) is 17.0 Å². The molecule has 0 spiro atoms. The minimum Gasteiger partial charge on any atom is -0.389 e. The van der Waals surface area contributed by atoms with Gasteiger partial charge in [0, 0.05) is 17.3 Å². The zero-order valence-electron chi connectivity index (χ0n) is 8.80. The lowest BCUT2D eigenvalue weighted by molar-refractivity contribution is -0.385. The number of nitro groups is 1. The van der Waals surface area contributed by atoms with Gasteiger partial charge in [-0.2, -0.15) is 0 Å². The molecule has 0 radical (unpaired) electrons. The molecule has 1 heterocycles. The highest BCUT2D eigenvalue weighted by Crippen LogP contribution is 2.32. The summed E-state index contributed by atoms with van der Waals surface area (Å²) in [4.78, 5) is 13.7. The Bertz CT molecular complexity index is 441. The zero-order valence-corrected chi connectivity index (χ0v) is 10.3. The van der Waals surface area contributed by atoms with Crippen LogP contribution < -0.4 is 0 Å². The SMILES string of the molecule is Cc1c(C(O)C(O)CCl)cnc(Cl)c1[N+](=O)[O-]. The smallest absolute Gasteiger partial charge is 0.309 e. The van der Waals surface area contributed by atoms with Crippen LogP contribution in [0.25, 0.3) is 0 Å². The van der Waals surface area contributed by atoms with E-state index in [4.69, 9.17) is 23.2 Å². The lowest BCUT2D eigenvalue weighted by Gasteiger charge is -2.17. The second-order valence-corrected chi connectivity index (χ2v) is 4.07. The van der Waals surface area contributed by atoms with Gasteiger partial charge in [0.15, 0.2) is 0 Å². The Hall–Kier alpha value is -0.950. The van der Waals surface area contributed by atoms with E-state index in [9.17, 15) is 20.3 Å². The number of rotatable bonds is 4. The Labute approximate surface area is 107 Å². The first kappa shape index (κ1) is 14.1. The van der Waals surface area contributed by atoms with Gasteiger partial charge in [-0.3, -0.25) is 10.1 Å². The summed E-state index contributed by atoms with van der Waals surface area (Å²) in [6.45, 7) is 1.42. The standard InChI is InChI=1S/C9H10Cl2N2O4/c1-4-5(8(15)6(14)2-10)3-12-9(11)7(4)13(16)17/h3,6,8,14-15H,2H2,1H3. The minimum atomic E-state index is -1.34. The molecule has 0 aliphatic heterocycles. The highest BCUT2D eigenvalue weighted by Gasteiger charge is 2.26. The second kappa shape index (κ2) is 5.59. The van der Waals surface area contributed by atoms with Crippen molar-refractivity contribution in [2.24, 2.45) is 0 Å². The Morgan fingerprint density at radius 3 is 2.65 bits per heavy atom. The monoisotopic (exact) mass is 280 g/mol. The van der Waals surface area contributed by atoms with Crippen molar-refractivity contribution in [3.8, 4) is 0 Å². The number of aromatic nitrogens is 1. The molecule has 2 N–H and O–H groups in total. The summed E-state index contributed by atoms with van der Waals surface area (Å²) in [5, 5.41) is 29.6. The summed E-state index contributed by atoms with van der Waals surface area (Å²) in [6, 6.07) is 0. The van der Waals surface area contributed by atoms with E-state index in [-0.39, 0.29) is 27.8 Å². The predicted octanol–water partition coefficient (Wildman–Crippen LogP) is 1.58. The first-order valence-corrected chi connectivity index (χ1v) is 5.52. The van der Waals surface area contributed by atoms with Gasteiger partial charge < -0.3 is 10.2 Å². The van der Waals surface area contributed by atoms with E-state index < -0.39 is 17.1 Å². The van der Waals surface area contributed by atoms with Gasteiger partial charge in [0.25, 0.3) is 0 Å². The van der Waals surface area contributed by atoms with Crippen LogP contribution in [0.15, 0.2) is 6.20 Å². The number of hydrogen-bond donors (Lipinski definition) is 2. The van der Waals surface area contributed by atoms with Gasteiger partial charge in [0.05, 0.1) is 16.9 Å². The molecule has 1 rings (SSSR count). The number of nitrogens with zero attached hydrogens (tertiary/aromatic N) is 2. The van der Waals surface area contributed by atoms with E-state index in [1.165, 1.54) is 13.1 Å². The van der Waals surface area contributed by atoms with E-state index in [1.807, 2.05) is 0 Å². The summed E-state index contributed by atoms with van der Waals surface area (Å²) in [5.41, 5.74) is -0.0918. The number of halogens is 2. The molecule has 0 amide bonds. The van der Waals surface area contributed by atoms with Crippen molar-refractivity contribution >= 4 is 28.9 Å². The van der Waals surface area contributed by atoms with Crippen LogP contribution >= 0.6 is 23.2 Å². The summed E-state index contributed by atoms with van der Waals surface area (Å²) in [7, 11) is 0. The van der Waals surface area contributed by atoms with Crippen LogP contribution in [0.1, 0.15) is 17.2 Å². The normalized spacial score (nSPS) is 14.4. The molecule has 0 aliphatic rings. The minimum absolute atomic E-state index is 0.134. The summed E-state index contributed by atoms with van der Waals surface area (Å²) in [5.74, 6) is -0.197. The molecule has 0 saturated heterocycles. The fraction of sp³-hybridized carbons (Fsp3) is 0.444. The van der Waals surface area contributed by atoms with Gasteiger partial charge in [0.2, 0.25) is 5.15 Å². The van der Waals surface area contributed by atoms with Gasteiger partial charge in [-0.25, -0.2) is 4.98 Å². The molecule has 0 aromatic carbocycles. The molecule has 94 valence electrons. The number of hydrogen-bond acceptors (Lipinski definition) is 5. The number of aliphatic hydroxyl groups excluding tert-OH is 2. The zero-order chi connectivity index (χ0) is 13.2. The average molecular weight is 281 g/mol. The third kappa shape index (κ3) is 2.84. The van der Waals surface area contributed by atoms with Gasteiger partial charge in [0.1, 0.15) is 6.10 Å². The van der Waals surface area contributed by atoms with Gasteiger partial charge in [-0.1, -0.05) is 11.6 Å². The molecular formula is C9H10Cl2N2O4. The van der Waals surface area contributed by atoms with Gasteiger partial charge >= 0.3 is 5.69 Å². The molecule has 8 heteroatoms. The highest BCUT2D eigenvalue weighted by molar-refractivity contribution is 6.31. The summed E-state index contributed by atoms with van der Waals surface area (Å²) >= 11 is 11.0. The van der Waals surface area contributed by atoms with Crippen LogP contribution in [0.2, 0.25) is 5.15 Å². The lowest BCUT2D eigenvalue weighted by atomic mass is 10.0. The predicted molar refractivity (Wildman–Crippen MR) is 62.3 cm³/mol. The molecule has 2 atom stereocenters. The van der Waals surface area contributed by atoms with Crippen molar-refractivity contribution in [3.63, 3.8) is 0 Å². The van der Waals surface area contributed by atoms with Crippen LogP contribution in [0.5, 0.6) is 0 Å². The molecular weight excluding hydrogens is 271 g/mol. The fourth-order valence-corrected chi connectivity index (χ4v) is 1.81. The molecule has 0 aliphatic carbocycles. The maximum absolute atomic E-state index is 10.8. The van der Waals surface area contributed by atoms with Crippen LogP contribution in [0.3, 0.4) is 0 Å². The third-order valence-corrected chi connectivity index (χ3v) is 2.92. The summed E-state index contributed by atoms with van der Waals surface area (Å²) < 4.78 is 0.